The number of nitrogens with one attached hydrogen (secondary N) is 1. The van der Waals surface area contributed by atoms with Crippen LogP contribution < -0.4 is 10.1 Å². The maximum Gasteiger partial charge on any atom is 0.262 e. The van der Waals surface area contributed by atoms with Crippen molar-refractivity contribution in [3.05, 3.63) is 88.1 Å². The molecule has 6 nitrogen and oxygen atoms in total. The van der Waals surface area contributed by atoms with E-state index in [1.54, 1.807) is 30.5 Å². The van der Waals surface area contributed by atoms with E-state index in [9.17, 15) is 10.1 Å². The first-order valence-corrected chi connectivity index (χ1v) is 9.21. The number of amides is 1. The summed E-state index contributed by atoms with van der Waals surface area (Å²) in [6.07, 6.45) is 3.04. The summed E-state index contributed by atoms with van der Waals surface area (Å²) in [5.74, 6) is 1.18. The van der Waals surface area contributed by atoms with E-state index in [1.165, 1.54) is 6.08 Å². The second-order valence-corrected chi connectivity index (χ2v) is 6.55. The number of ether oxygens (including phenoxy) is 1. The Morgan fingerprint density at radius 3 is 2.79 bits per heavy atom. The summed E-state index contributed by atoms with van der Waals surface area (Å²) in [6, 6.07) is 18.2. The summed E-state index contributed by atoms with van der Waals surface area (Å²) in [5.41, 5.74) is 0.654. The maximum atomic E-state index is 12.2. The summed E-state index contributed by atoms with van der Waals surface area (Å²) in [7, 11) is 0. The molecule has 0 aliphatic carbocycles. The fourth-order valence-corrected chi connectivity index (χ4v) is 2.72. The van der Waals surface area contributed by atoms with Crippen LogP contribution in [-0.2, 0) is 17.9 Å². The molecule has 0 unspecified atom stereocenters. The van der Waals surface area contributed by atoms with Crippen molar-refractivity contribution in [3.8, 4) is 11.8 Å². The molecule has 0 aliphatic rings. The Bertz CT molecular complexity index is 1020. The third-order valence-corrected chi connectivity index (χ3v) is 4.35. The van der Waals surface area contributed by atoms with Crippen LogP contribution in [0.1, 0.15) is 17.2 Å². The van der Waals surface area contributed by atoms with Crippen LogP contribution in [0, 0.1) is 11.3 Å². The number of furan rings is 1. The number of aromatic nitrogens is 1. The molecule has 0 atom stereocenters. The molecule has 0 bridgehead atoms. The number of hydrogen-bond acceptors (Lipinski definition) is 5. The van der Waals surface area contributed by atoms with Gasteiger partial charge < -0.3 is 14.5 Å². The number of carbonyl (C=O) groups is 1. The lowest BCUT2D eigenvalue weighted by Crippen LogP contribution is -2.24. The molecule has 1 amide bonds. The summed E-state index contributed by atoms with van der Waals surface area (Å²) >= 11 is 3.41. The summed E-state index contributed by atoms with van der Waals surface area (Å²) in [6.45, 7) is 0.464. The van der Waals surface area contributed by atoms with Gasteiger partial charge in [0.15, 0.2) is 0 Å². The smallest absolute Gasteiger partial charge is 0.262 e. The van der Waals surface area contributed by atoms with Gasteiger partial charge in [-0.05, 0) is 52.3 Å². The van der Waals surface area contributed by atoms with Crippen molar-refractivity contribution >= 4 is 27.9 Å². The first-order valence-electron chi connectivity index (χ1n) is 8.41. The van der Waals surface area contributed by atoms with Gasteiger partial charge in [-0.2, -0.15) is 5.26 Å². The fraction of sp³-hybridized carbons (Fsp3) is 0.0952. The average Bonchev–Trinajstić information content (AvgIpc) is 3.18. The highest BCUT2D eigenvalue weighted by molar-refractivity contribution is 9.10. The number of hydrogen-bond donors (Lipinski definition) is 1. The predicted molar refractivity (Wildman–Crippen MR) is 107 cm³/mol. The van der Waals surface area contributed by atoms with E-state index in [0.717, 1.165) is 4.47 Å². The van der Waals surface area contributed by atoms with Gasteiger partial charge >= 0.3 is 0 Å². The van der Waals surface area contributed by atoms with Gasteiger partial charge in [-0.1, -0.05) is 18.2 Å². The minimum atomic E-state index is -0.490. The van der Waals surface area contributed by atoms with Crippen molar-refractivity contribution in [1.29, 1.82) is 5.26 Å². The van der Waals surface area contributed by atoms with Gasteiger partial charge in [0.2, 0.25) is 0 Å². The molecule has 2 heterocycles. The second-order valence-electron chi connectivity index (χ2n) is 5.70. The summed E-state index contributed by atoms with van der Waals surface area (Å²) in [5, 5.41) is 11.9. The molecule has 3 aromatic rings. The first kappa shape index (κ1) is 19.4. The van der Waals surface area contributed by atoms with Crippen LogP contribution in [0.25, 0.3) is 6.08 Å². The van der Waals surface area contributed by atoms with Crippen molar-refractivity contribution in [3.63, 3.8) is 0 Å². The molecule has 1 aromatic carbocycles. The number of nitriles is 1. The number of nitrogens with zero attached hydrogens (tertiary/aromatic N) is 2. The Hall–Kier alpha value is -3.37. The number of pyridine rings is 1. The first-order chi connectivity index (χ1) is 13.7. The normalized spacial score (nSPS) is 10.9. The molecule has 0 aliphatic heterocycles. The fourth-order valence-electron chi connectivity index (χ4n) is 2.32. The van der Waals surface area contributed by atoms with Crippen molar-refractivity contribution in [2.24, 2.45) is 0 Å². The van der Waals surface area contributed by atoms with Gasteiger partial charge in [0, 0.05) is 12.3 Å². The number of halogens is 1. The molecule has 28 heavy (non-hydrogen) atoms. The predicted octanol–water partition coefficient (Wildman–Crippen LogP) is 4.24. The van der Waals surface area contributed by atoms with Crippen molar-refractivity contribution in [2.45, 2.75) is 13.2 Å². The molecule has 1 N–H and O–H groups in total. The van der Waals surface area contributed by atoms with Gasteiger partial charge in [0.25, 0.3) is 5.91 Å². The zero-order chi connectivity index (χ0) is 19.8. The lowest BCUT2D eigenvalue weighted by atomic mass is 10.2. The highest BCUT2D eigenvalue weighted by Gasteiger charge is 2.11. The zero-order valence-corrected chi connectivity index (χ0v) is 16.3. The van der Waals surface area contributed by atoms with E-state index >= 15 is 0 Å². The summed E-state index contributed by atoms with van der Waals surface area (Å²) in [4.78, 5) is 16.3. The molecule has 0 saturated carbocycles. The number of benzene rings is 1. The number of rotatable bonds is 7. The Morgan fingerprint density at radius 1 is 1.21 bits per heavy atom. The molecule has 0 spiro atoms. The SMILES string of the molecule is N#C/C(=C/c1ccc(COc2ccccc2Br)o1)C(=O)NCc1ccccn1. The van der Waals surface area contributed by atoms with E-state index in [1.807, 2.05) is 36.4 Å². The van der Waals surface area contributed by atoms with E-state index in [-0.39, 0.29) is 18.7 Å². The van der Waals surface area contributed by atoms with Crippen LogP contribution in [0.5, 0.6) is 5.75 Å². The molecule has 3 rings (SSSR count). The third-order valence-electron chi connectivity index (χ3n) is 3.70. The van der Waals surface area contributed by atoms with Gasteiger partial charge in [0.1, 0.15) is 35.5 Å². The quantitative estimate of drug-likeness (QED) is 0.441. The van der Waals surface area contributed by atoms with Crippen molar-refractivity contribution in [1.82, 2.24) is 10.3 Å². The molecule has 0 saturated heterocycles. The zero-order valence-electron chi connectivity index (χ0n) is 14.8. The lowest BCUT2D eigenvalue weighted by molar-refractivity contribution is -0.117. The van der Waals surface area contributed by atoms with Gasteiger partial charge in [-0.3, -0.25) is 9.78 Å². The molecule has 7 heteroatoms. The number of carbonyl (C=O) groups excluding carboxylic acids is 1. The van der Waals surface area contributed by atoms with Gasteiger partial charge in [-0.25, -0.2) is 0 Å². The Morgan fingerprint density at radius 2 is 2.04 bits per heavy atom. The Kier molecular flexibility index (Phi) is 6.60. The molecule has 0 radical (unpaired) electrons. The van der Waals surface area contributed by atoms with Crippen LogP contribution in [0.2, 0.25) is 0 Å². The van der Waals surface area contributed by atoms with Gasteiger partial charge in [0.05, 0.1) is 16.7 Å². The Balaban J connectivity index is 1.60. The lowest BCUT2D eigenvalue weighted by Gasteiger charge is -2.05. The van der Waals surface area contributed by atoms with Crippen LogP contribution in [0.3, 0.4) is 0 Å². The average molecular weight is 438 g/mol. The maximum absolute atomic E-state index is 12.2. The van der Waals surface area contributed by atoms with E-state index in [2.05, 4.69) is 26.2 Å². The van der Waals surface area contributed by atoms with Crippen LogP contribution >= 0.6 is 15.9 Å². The Labute approximate surface area is 170 Å². The van der Waals surface area contributed by atoms with Crippen LogP contribution in [-0.4, -0.2) is 10.9 Å². The highest BCUT2D eigenvalue weighted by atomic mass is 79.9. The third kappa shape index (κ3) is 5.32. The minimum Gasteiger partial charge on any atom is -0.484 e. The van der Waals surface area contributed by atoms with Crippen molar-refractivity contribution < 1.29 is 13.9 Å². The van der Waals surface area contributed by atoms with Crippen LogP contribution in [0.4, 0.5) is 0 Å². The summed E-state index contributed by atoms with van der Waals surface area (Å²) < 4.78 is 12.2. The molecule has 140 valence electrons. The van der Waals surface area contributed by atoms with E-state index in [4.69, 9.17) is 9.15 Å². The molecular formula is C21H16BrN3O3. The largest absolute Gasteiger partial charge is 0.484 e. The molecular weight excluding hydrogens is 422 g/mol. The highest BCUT2D eigenvalue weighted by Crippen LogP contribution is 2.25. The van der Waals surface area contributed by atoms with Crippen LogP contribution in [0.15, 0.2) is 75.3 Å². The van der Waals surface area contributed by atoms with E-state index in [0.29, 0.717) is 23.0 Å². The second kappa shape index (κ2) is 9.53. The monoisotopic (exact) mass is 437 g/mol. The molecule has 0 fully saturated rings. The molecule has 2 aromatic heterocycles. The van der Waals surface area contributed by atoms with Crippen molar-refractivity contribution in [2.75, 3.05) is 0 Å². The standard InChI is InChI=1S/C21H16BrN3O3/c22-19-6-1-2-7-20(19)27-14-18-9-8-17(28-18)11-15(12-23)21(26)25-13-16-5-3-4-10-24-16/h1-11H,13-14H2,(H,25,26)/b15-11-. The topological polar surface area (TPSA) is 88.1 Å². The minimum absolute atomic E-state index is 0.0523. The van der Waals surface area contributed by atoms with Gasteiger partial charge in [-0.15, -0.1) is 0 Å². The van der Waals surface area contributed by atoms with E-state index < -0.39 is 5.91 Å². The number of para-hydroxylation sites is 1.